The lowest BCUT2D eigenvalue weighted by atomic mass is 9.88. The minimum absolute atomic E-state index is 0.191. The van der Waals surface area contributed by atoms with Crippen molar-refractivity contribution in [3.63, 3.8) is 0 Å². The molecule has 1 nitrogen and oxygen atoms in total. The average molecular weight is 163 g/mol. The van der Waals surface area contributed by atoms with Crippen LogP contribution in [0.3, 0.4) is 0 Å². The monoisotopic (exact) mass is 163 g/mol. The summed E-state index contributed by atoms with van der Waals surface area (Å²) < 4.78 is 0. The van der Waals surface area contributed by atoms with Crippen LogP contribution in [0.2, 0.25) is 0 Å². The molecule has 0 saturated carbocycles. The van der Waals surface area contributed by atoms with Gasteiger partial charge in [-0.2, -0.15) is 0 Å². The van der Waals surface area contributed by atoms with Crippen LogP contribution in [0.25, 0.3) is 0 Å². The number of aromatic hydroxyl groups is 1. The Hall–Kier alpha value is -0.980. The van der Waals surface area contributed by atoms with Crippen molar-refractivity contribution < 1.29 is 5.11 Å². The predicted octanol–water partition coefficient (Wildman–Crippen LogP) is 2.99. The molecule has 0 heterocycles. The molecule has 12 heavy (non-hydrogen) atoms. The fourth-order valence-electron chi connectivity index (χ4n) is 1.07. The van der Waals surface area contributed by atoms with Crippen molar-refractivity contribution in [1.29, 1.82) is 0 Å². The first-order chi connectivity index (χ1) is 5.47. The predicted molar refractivity (Wildman–Crippen MR) is 51.0 cm³/mol. The van der Waals surface area contributed by atoms with E-state index in [-0.39, 0.29) is 5.41 Å². The number of benzene rings is 1. The van der Waals surface area contributed by atoms with Gasteiger partial charge in [0.05, 0.1) is 0 Å². The number of hydrogen-bond donors (Lipinski definition) is 1. The molecule has 1 aromatic rings. The van der Waals surface area contributed by atoms with E-state index in [9.17, 15) is 0 Å². The quantitative estimate of drug-likeness (QED) is 0.674. The largest absolute Gasteiger partial charge is 0.508 e. The molecule has 0 atom stereocenters. The molecule has 1 rings (SSSR count). The fraction of sp³-hybridized carbons (Fsp3) is 0.364. The first kappa shape index (κ1) is 9.11. The number of phenols is 1. The molecular formula is C11H15O. The van der Waals surface area contributed by atoms with Crippen molar-refractivity contribution in [1.82, 2.24) is 0 Å². The van der Waals surface area contributed by atoms with Gasteiger partial charge in [-0.15, -0.1) is 0 Å². The third-order valence-electron chi connectivity index (χ3n) is 1.49. The standard InChI is InChI=1S/C11H15O/c1-11(2,3)8-9-4-6-10(12)7-5-9/h4-8,12H,1-3H3. The topological polar surface area (TPSA) is 20.2 Å². The van der Waals surface area contributed by atoms with Crippen LogP contribution in [-0.4, -0.2) is 5.11 Å². The van der Waals surface area contributed by atoms with Crippen molar-refractivity contribution in [2.45, 2.75) is 20.8 Å². The highest BCUT2D eigenvalue weighted by molar-refractivity contribution is 5.31. The van der Waals surface area contributed by atoms with E-state index in [1.165, 1.54) is 0 Å². The highest BCUT2D eigenvalue weighted by Gasteiger charge is 2.10. The van der Waals surface area contributed by atoms with Crippen LogP contribution in [0.5, 0.6) is 5.75 Å². The van der Waals surface area contributed by atoms with E-state index in [4.69, 9.17) is 5.11 Å². The zero-order valence-corrected chi connectivity index (χ0v) is 7.83. The average Bonchev–Trinajstić information content (AvgIpc) is 1.91. The molecule has 0 bridgehead atoms. The molecule has 65 valence electrons. The van der Waals surface area contributed by atoms with E-state index in [0.29, 0.717) is 5.75 Å². The van der Waals surface area contributed by atoms with Crippen molar-refractivity contribution in [3.8, 4) is 5.75 Å². The molecule has 1 heteroatoms. The Kier molecular flexibility index (Phi) is 2.41. The Morgan fingerprint density at radius 3 is 2.00 bits per heavy atom. The van der Waals surface area contributed by atoms with Gasteiger partial charge in [-0.3, -0.25) is 0 Å². The molecule has 0 aliphatic rings. The van der Waals surface area contributed by atoms with Gasteiger partial charge in [0.25, 0.3) is 0 Å². The number of rotatable bonds is 1. The Labute approximate surface area is 74.1 Å². The number of phenolic OH excluding ortho intramolecular Hbond substituents is 1. The lowest BCUT2D eigenvalue weighted by Gasteiger charge is -2.17. The highest BCUT2D eigenvalue weighted by Crippen LogP contribution is 2.23. The summed E-state index contributed by atoms with van der Waals surface area (Å²) in [4.78, 5) is 0. The van der Waals surface area contributed by atoms with Gasteiger partial charge >= 0.3 is 0 Å². The van der Waals surface area contributed by atoms with Gasteiger partial charge in [0.15, 0.2) is 0 Å². The molecule has 0 spiro atoms. The molecule has 0 aromatic heterocycles. The van der Waals surface area contributed by atoms with Crippen molar-refractivity contribution in [2.75, 3.05) is 0 Å². The van der Waals surface area contributed by atoms with Gasteiger partial charge in [0, 0.05) is 0 Å². The van der Waals surface area contributed by atoms with Crippen LogP contribution in [0.4, 0.5) is 0 Å². The second-order valence-electron chi connectivity index (χ2n) is 4.10. The highest BCUT2D eigenvalue weighted by atomic mass is 16.3. The summed E-state index contributed by atoms with van der Waals surface area (Å²) in [7, 11) is 0. The lowest BCUT2D eigenvalue weighted by molar-refractivity contribution is 0.474. The van der Waals surface area contributed by atoms with E-state index in [1.54, 1.807) is 12.1 Å². The molecule has 0 fully saturated rings. The van der Waals surface area contributed by atoms with Crippen LogP contribution in [-0.2, 0) is 0 Å². The fourth-order valence-corrected chi connectivity index (χ4v) is 1.07. The minimum Gasteiger partial charge on any atom is -0.508 e. The van der Waals surface area contributed by atoms with Gasteiger partial charge in [-0.05, 0) is 29.5 Å². The second kappa shape index (κ2) is 3.18. The summed E-state index contributed by atoms with van der Waals surface area (Å²) in [6.45, 7) is 6.46. The summed E-state index contributed by atoms with van der Waals surface area (Å²) in [5.74, 6) is 0.320. The van der Waals surface area contributed by atoms with Gasteiger partial charge in [0.2, 0.25) is 0 Å². The third-order valence-corrected chi connectivity index (χ3v) is 1.49. The molecule has 0 amide bonds. The molecule has 1 N–H and O–H groups in total. The summed E-state index contributed by atoms with van der Waals surface area (Å²) >= 11 is 0. The second-order valence-corrected chi connectivity index (χ2v) is 4.10. The van der Waals surface area contributed by atoms with Gasteiger partial charge < -0.3 is 5.11 Å². The molecule has 0 aliphatic carbocycles. The molecule has 1 aromatic carbocycles. The lowest BCUT2D eigenvalue weighted by Crippen LogP contribution is -2.05. The Balaban J connectivity index is 2.71. The van der Waals surface area contributed by atoms with Crippen LogP contribution in [0.15, 0.2) is 24.3 Å². The Morgan fingerprint density at radius 1 is 1.08 bits per heavy atom. The van der Waals surface area contributed by atoms with E-state index >= 15 is 0 Å². The van der Waals surface area contributed by atoms with Crippen molar-refractivity contribution >= 4 is 0 Å². The molecular weight excluding hydrogens is 148 g/mol. The summed E-state index contributed by atoms with van der Waals surface area (Å²) in [6, 6.07) is 7.25. The summed E-state index contributed by atoms with van der Waals surface area (Å²) in [5.41, 5.74) is 1.34. The summed E-state index contributed by atoms with van der Waals surface area (Å²) in [6.07, 6.45) is 2.17. The maximum Gasteiger partial charge on any atom is 0.115 e. The van der Waals surface area contributed by atoms with Gasteiger partial charge in [-0.25, -0.2) is 0 Å². The zero-order chi connectivity index (χ0) is 9.19. The van der Waals surface area contributed by atoms with Gasteiger partial charge in [0.1, 0.15) is 5.75 Å². The number of hydrogen-bond acceptors (Lipinski definition) is 1. The van der Waals surface area contributed by atoms with Crippen molar-refractivity contribution in [3.05, 3.63) is 36.2 Å². The van der Waals surface area contributed by atoms with Crippen molar-refractivity contribution in [2.24, 2.45) is 5.41 Å². The van der Waals surface area contributed by atoms with E-state index in [2.05, 4.69) is 27.2 Å². The molecule has 0 saturated heterocycles. The molecule has 1 radical (unpaired) electrons. The van der Waals surface area contributed by atoms with E-state index in [0.717, 1.165) is 5.56 Å². The minimum atomic E-state index is 0.191. The Morgan fingerprint density at radius 2 is 1.58 bits per heavy atom. The van der Waals surface area contributed by atoms with Crippen LogP contribution in [0.1, 0.15) is 26.3 Å². The first-order valence-corrected chi connectivity index (χ1v) is 4.12. The van der Waals surface area contributed by atoms with Crippen LogP contribution >= 0.6 is 0 Å². The maximum atomic E-state index is 9.04. The molecule has 0 unspecified atom stereocenters. The first-order valence-electron chi connectivity index (χ1n) is 4.12. The van der Waals surface area contributed by atoms with E-state index in [1.807, 2.05) is 12.1 Å². The summed E-state index contributed by atoms with van der Waals surface area (Å²) in [5, 5.41) is 9.04. The Bertz CT molecular complexity index is 241. The zero-order valence-electron chi connectivity index (χ0n) is 7.83. The van der Waals surface area contributed by atoms with Crippen LogP contribution in [0, 0.1) is 11.8 Å². The third kappa shape index (κ3) is 2.95. The van der Waals surface area contributed by atoms with E-state index < -0.39 is 0 Å². The molecule has 0 aliphatic heterocycles. The van der Waals surface area contributed by atoms with Gasteiger partial charge in [-0.1, -0.05) is 32.9 Å². The smallest absolute Gasteiger partial charge is 0.115 e. The van der Waals surface area contributed by atoms with Crippen LogP contribution < -0.4 is 0 Å². The normalized spacial score (nSPS) is 11.6. The SMILES string of the molecule is CC(C)(C)[CH]c1ccc(O)cc1. The maximum absolute atomic E-state index is 9.04.